The molecule has 0 atom stereocenters. The molecule has 2 nitrogen and oxygen atoms in total. The van der Waals surface area contributed by atoms with Gasteiger partial charge in [-0.15, -0.1) is 0 Å². The topological polar surface area (TPSA) is 22.1 Å². The van der Waals surface area contributed by atoms with E-state index in [1.165, 1.54) is 0 Å². The van der Waals surface area contributed by atoms with Crippen molar-refractivity contribution in [2.24, 2.45) is 0 Å². The van der Waals surface area contributed by atoms with Gasteiger partial charge in [0.15, 0.2) is 0 Å². The van der Waals surface area contributed by atoms with E-state index in [0.29, 0.717) is 0 Å². The van der Waals surface area contributed by atoms with Crippen LogP contribution in [0.3, 0.4) is 0 Å². The lowest BCUT2D eigenvalue weighted by molar-refractivity contribution is 0.618. The summed E-state index contributed by atoms with van der Waals surface area (Å²) in [6.07, 6.45) is 1.77. The van der Waals surface area contributed by atoms with Gasteiger partial charge in [0.2, 0.25) is 0 Å². The summed E-state index contributed by atoms with van der Waals surface area (Å²) in [5, 5.41) is 0. The summed E-state index contributed by atoms with van der Waals surface area (Å²) in [5.41, 5.74) is 1.92. The molecule has 0 amide bonds. The van der Waals surface area contributed by atoms with Crippen molar-refractivity contribution in [1.82, 2.24) is 4.98 Å². The molecular weight excluding hydrogens is 189 g/mol. The van der Waals surface area contributed by atoms with Crippen molar-refractivity contribution in [1.29, 1.82) is 0 Å². The smallest absolute Gasteiger partial charge is 0.482 e. The van der Waals surface area contributed by atoms with Gasteiger partial charge in [-0.05, 0) is 24.3 Å². The second-order valence-corrected chi connectivity index (χ2v) is 3.06. The lowest BCUT2D eigenvalue weighted by Gasteiger charge is -2.08. The first-order valence-electron chi connectivity index (χ1n) is 4.29. The number of para-hydroxylation sites is 1. The maximum absolute atomic E-state index is 5.18. The standard InChI is InChI=1S/C11H9NO.Al/c13-11-7-2-1-5-9(11)10-6-3-4-8-12-10;/h1-8,13H;/q;+1/p-1. The number of rotatable bonds is 2. The van der Waals surface area contributed by atoms with Gasteiger partial charge >= 0.3 is 16.6 Å². The molecule has 0 aliphatic rings. The summed E-state index contributed by atoms with van der Waals surface area (Å²) < 4.78 is 5.18. The molecule has 0 saturated heterocycles. The molecule has 0 aliphatic carbocycles. The molecule has 3 heteroatoms. The lowest BCUT2D eigenvalue weighted by atomic mass is 10.1. The summed E-state index contributed by atoms with van der Waals surface area (Å²) in [6, 6.07) is 13.6. The zero-order valence-corrected chi connectivity index (χ0v) is 8.71. The van der Waals surface area contributed by atoms with Crippen molar-refractivity contribution in [3.63, 3.8) is 0 Å². The minimum Gasteiger partial charge on any atom is -0.653 e. The van der Waals surface area contributed by atoms with E-state index in [2.05, 4.69) is 21.6 Å². The average Bonchev–Trinajstić information content (AvgIpc) is 2.30. The molecule has 0 saturated carbocycles. The molecule has 2 aromatic rings. The van der Waals surface area contributed by atoms with Crippen LogP contribution >= 0.6 is 0 Å². The van der Waals surface area contributed by atoms with E-state index in [4.69, 9.17) is 3.79 Å². The molecule has 1 aromatic carbocycles. The van der Waals surface area contributed by atoms with Gasteiger partial charge in [0, 0.05) is 11.8 Å². The predicted octanol–water partition coefficient (Wildman–Crippen LogP) is 2.21. The highest BCUT2D eigenvalue weighted by atomic mass is 27.1. The molecule has 0 bridgehead atoms. The average molecular weight is 197 g/mol. The summed E-state index contributed by atoms with van der Waals surface area (Å²) >= 11 is 2.25. The highest BCUT2D eigenvalue weighted by Crippen LogP contribution is 2.27. The van der Waals surface area contributed by atoms with Crippen molar-refractivity contribution in [3.05, 3.63) is 48.7 Å². The zero-order chi connectivity index (χ0) is 9.80. The van der Waals surface area contributed by atoms with Gasteiger partial charge in [-0.25, -0.2) is 0 Å². The Labute approximate surface area is 91.3 Å². The Balaban J connectivity index is 2.51. The minimum atomic E-state index is 0.816. The van der Waals surface area contributed by atoms with E-state index >= 15 is 0 Å². The summed E-state index contributed by atoms with van der Waals surface area (Å²) in [4.78, 5) is 4.27. The molecule has 1 heterocycles. The number of aromatic nitrogens is 1. The van der Waals surface area contributed by atoms with Crippen molar-refractivity contribution in [3.8, 4) is 17.0 Å². The monoisotopic (exact) mass is 197 g/mol. The second kappa shape index (κ2) is 4.28. The fraction of sp³-hybridized carbons (Fsp3) is 0. The molecule has 0 fully saturated rings. The third-order valence-corrected chi connectivity index (χ3v) is 2.21. The van der Waals surface area contributed by atoms with E-state index in [-0.39, 0.29) is 0 Å². The molecule has 66 valence electrons. The van der Waals surface area contributed by atoms with Crippen LogP contribution in [0, 0.1) is 0 Å². The number of nitrogens with zero attached hydrogens (tertiary/aromatic N) is 1. The van der Waals surface area contributed by atoms with Gasteiger partial charge < -0.3 is 3.79 Å². The van der Waals surface area contributed by atoms with E-state index in [0.717, 1.165) is 17.0 Å². The van der Waals surface area contributed by atoms with Crippen LogP contribution in [-0.4, -0.2) is 21.6 Å². The molecule has 2 rings (SSSR count). The fourth-order valence-corrected chi connectivity index (χ4v) is 1.51. The van der Waals surface area contributed by atoms with Crippen molar-refractivity contribution < 1.29 is 3.79 Å². The van der Waals surface area contributed by atoms with Crippen LogP contribution in [0.5, 0.6) is 5.75 Å². The van der Waals surface area contributed by atoms with Crippen LogP contribution in [0.15, 0.2) is 48.7 Å². The number of pyridine rings is 1. The molecule has 2 radical (unpaired) electrons. The van der Waals surface area contributed by atoms with Crippen LogP contribution < -0.4 is 3.79 Å². The van der Waals surface area contributed by atoms with E-state index in [1.54, 1.807) is 6.20 Å². The quantitative estimate of drug-likeness (QED) is 0.688. The minimum absolute atomic E-state index is 0.816. The summed E-state index contributed by atoms with van der Waals surface area (Å²) in [5.74, 6) is 0.816. The van der Waals surface area contributed by atoms with Crippen LogP contribution in [0.4, 0.5) is 0 Å². The third kappa shape index (κ3) is 1.79. The van der Waals surface area contributed by atoms with Crippen LogP contribution in [0.1, 0.15) is 0 Å². The number of benzene rings is 1. The van der Waals surface area contributed by atoms with Crippen LogP contribution in [-0.2, 0) is 0 Å². The summed E-state index contributed by atoms with van der Waals surface area (Å²) in [7, 11) is 0. The van der Waals surface area contributed by atoms with E-state index in [9.17, 15) is 0 Å². The van der Waals surface area contributed by atoms with E-state index in [1.807, 2.05) is 42.5 Å². The maximum Gasteiger partial charge on any atom is 0.482 e. The van der Waals surface area contributed by atoms with E-state index < -0.39 is 0 Å². The SMILES string of the molecule is [Al][O]c1ccccc1-c1ccccn1. The molecule has 1 aromatic heterocycles. The van der Waals surface area contributed by atoms with Crippen molar-refractivity contribution in [2.75, 3.05) is 0 Å². The van der Waals surface area contributed by atoms with Gasteiger partial charge in [-0.3, -0.25) is 4.98 Å². The normalized spacial score (nSPS) is 9.71. The Morgan fingerprint density at radius 1 is 1.00 bits per heavy atom. The molecule has 0 N–H and O–H groups in total. The van der Waals surface area contributed by atoms with Crippen molar-refractivity contribution >= 4 is 16.6 Å². The molecule has 0 spiro atoms. The molecular formula is C11H8AlNO. The highest BCUT2D eigenvalue weighted by Gasteiger charge is 2.02. The molecule has 0 aliphatic heterocycles. The highest BCUT2D eigenvalue weighted by molar-refractivity contribution is 6.00. The lowest BCUT2D eigenvalue weighted by Crippen LogP contribution is -1.90. The zero-order valence-electron chi connectivity index (χ0n) is 7.55. The summed E-state index contributed by atoms with van der Waals surface area (Å²) in [6.45, 7) is 0. The van der Waals surface area contributed by atoms with Gasteiger partial charge in [0.05, 0.1) is 11.4 Å². The first-order chi connectivity index (χ1) is 6.92. The predicted molar refractivity (Wildman–Crippen MR) is 56.1 cm³/mol. The Bertz CT molecular complexity index is 417. The molecule has 14 heavy (non-hydrogen) atoms. The largest absolute Gasteiger partial charge is 0.653 e. The Hall–Kier alpha value is -1.30. The van der Waals surface area contributed by atoms with Crippen LogP contribution in [0.25, 0.3) is 11.3 Å². The fourth-order valence-electron chi connectivity index (χ4n) is 1.30. The van der Waals surface area contributed by atoms with Gasteiger partial charge in [-0.1, -0.05) is 18.2 Å². The Morgan fingerprint density at radius 3 is 2.50 bits per heavy atom. The van der Waals surface area contributed by atoms with Crippen LogP contribution in [0.2, 0.25) is 0 Å². The molecule has 0 unspecified atom stereocenters. The Kier molecular flexibility index (Phi) is 2.83. The maximum atomic E-state index is 5.18. The Morgan fingerprint density at radius 2 is 1.79 bits per heavy atom. The van der Waals surface area contributed by atoms with Crippen molar-refractivity contribution in [2.45, 2.75) is 0 Å². The number of hydrogen-bond donors (Lipinski definition) is 0. The first kappa shape index (κ1) is 9.26. The number of hydrogen-bond acceptors (Lipinski definition) is 2. The van der Waals surface area contributed by atoms with Gasteiger partial charge in [0.25, 0.3) is 0 Å². The third-order valence-electron chi connectivity index (χ3n) is 1.95. The van der Waals surface area contributed by atoms with Gasteiger partial charge in [0.1, 0.15) is 0 Å². The second-order valence-electron chi connectivity index (χ2n) is 2.83. The first-order valence-corrected chi connectivity index (χ1v) is 4.76. The van der Waals surface area contributed by atoms with Gasteiger partial charge in [-0.2, -0.15) is 0 Å².